The Morgan fingerprint density at radius 1 is 1.25 bits per heavy atom. The van der Waals surface area contributed by atoms with E-state index < -0.39 is 0 Å². The third-order valence-corrected chi connectivity index (χ3v) is 5.14. The van der Waals surface area contributed by atoms with E-state index in [-0.39, 0.29) is 0 Å². The molecule has 0 radical (unpaired) electrons. The van der Waals surface area contributed by atoms with Gasteiger partial charge in [0.15, 0.2) is 0 Å². The average molecular weight is 294 g/mol. The molecule has 0 bridgehead atoms. The minimum absolute atomic E-state index is 0.383. The summed E-state index contributed by atoms with van der Waals surface area (Å²) in [6.07, 6.45) is 7.29. The maximum Gasteiger partial charge on any atom is 0.122 e. The fourth-order valence-electron chi connectivity index (χ4n) is 3.31. The molecule has 3 heteroatoms. The van der Waals surface area contributed by atoms with Crippen LogP contribution in [-0.2, 0) is 12.8 Å². The van der Waals surface area contributed by atoms with Crippen LogP contribution in [0.4, 0.5) is 0 Å². The highest BCUT2D eigenvalue weighted by Crippen LogP contribution is 2.28. The first-order chi connectivity index (χ1) is 9.83. The van der Waals surface area contributed by atoms with Gasteiger partial charge in [-0.15, -0.1) is 11.6 Å². The topological polar surface area (TPSA) is 21.3 Å². The van der Waals surface area contributed by atoms with Gasteiger partial charge in [0.05, 0.1) is 6.61 Å². The molecule has 1 aromatic carbocycles. The first kappa shape index (κ1) is 14.2. The molecular weight excluding hydrogens is 270 g/mol. The Bertz CT molecular complexity index is 449. The Balaban J connectivity index is 1.41. The van der Waals surface area contributed by atoms with Gasteiger partial charge in [0.1, 0.15) is 5.75 Å². The van der Waals surface area contributed by atoms with Crippen molar-refractivity contribution in [3.8, 4) is 5.75 Å². The number of alkyl halides is 1. The van der Waals surface area contributed by atoms with E-state index in [0.29, 0.717) is 11.3 Å². The van der Waals surface area contributed by atoms with E-state index in [9.17, 15) is 0 Å². The Kier molecular flexibility index (Phi) is 4.85. The number of rotatable bonds is 5. The van der Waals surface area contributed by atoms with E-state index in [4.69, 9.17) is 16.3 Å². The molecule has 2 unspecified atom stereocenters. The van der Waals surface area contributed by atoms with E-state index in [0.717, 1.165) is 38.3 Å². The molecule has 2 aliphatic rings. The number of hydrogen-bond acceptors (Lipinski definition) is 2. The van der Waals surface area contributed by atoms with Crippen LogP contribution in [0, 0.1) is 5.92 Å². The lowest BCUT2D eigenvalue weighted by Crippen LogP contribution is -2.32. The fourth-order valence-corrected chi connectivity index (χ4v) is 3.68. The smallest absolute Gasteiger partial charge is 0.122 e. The first-order valence-corrected chi connectivity index (χ1v) is 8.36. The zero-order valence-electron chi connectivity index (χ0n) is 12.0. The van der Waals surface area contributed by atoms with Crippen molar-refractivity contribution in [1.82, 2.24) is 5.32 Å². The monoisotopic (exact) mass is 293 g/mol. The van der Waals surface area contributed by atoms with Gasteiger partial charge in [-0.25, -0.2) is 0 Å². The predicted octanol–water partition coefficient (Wildman–Crippen LogP) is 3.55. The minimum Gasteiger partial charge on any atom is -0.493 e. The van der Waals surface area contributed by atoms with Crippen molar-refractivity contribution in [2.75, 3.05) is 19.7 Å². The molecule has 1 aromatic rings. The van der Waals surface area contributed by atoms with Crippen LogP contribution in [0.2, 0.25) is 0 Å². The van der Waals surface area contributed by atoms with Gasteiger partial charge in [-0.2, -0.15) is 0 Å². The number of nitrogens with one attached hydrogen (secondary N) is 1. The molecule has 2 atom stereocenters. The second kappa shape index (κ2) is 6.82. The van der Waals surface area contributed by atoms with Crippen LogP contribution >= 0.6 is 11.6 Å². The highest BCUT2D eigenvalue weighted by molar-refractivity contribution is 6.20. The van der Waals surface area contributed by atoms with Crippen molar-refractivity contribution in [1.29, 1.82) is 0 Å². The molecule has 0 saturated heterocycles. The Morgan fingerprint density at radius 3 is 3.05 bits per heavy atom. The SMILES string of the molecule is ClC1CCCCC1CNCCc1ccc2c(c1)CCO2. The highest BCUT2D eigenvalue weighted by Gasteiger charge is 2.22. The van der Waals surface area contributed by atoms with Gasteiger partial charge in [-0.3, -0.25) is 0 Å². The van der Waals surface area contributed by atoms with Crippen molar-refractivity contribution in [3.05, 3.63) is 29.3 Å². The Labute approximate surface area is 126 Å². The summed E-state index contributed by atoms with van der Waals surface area (Å²) >= 11 is 6.39. The van der Waals surface area contributed by atoms with Gasteiger partial charge >= 0.3 is 0 Å². The number of fused-ring (bicyclic) bond motifs is 1. The third kappa shape index (κ3) is 3.48. The molecule has 1 heterocycles. The molecular formula is C17H24ClNO. The van der Waals surface area contributed by atoms with Crippen LogP contribution in [-0.4, -0.2) is 25.1 Å². The zero-order chi connectivity index (χ0) is 13.8. The van der Waals surface area contributed by atoms with E-state index in [1.54, 1.807) is 0 Å². The summed E-state index contributed by atoms with van der Waals surface area (Å²) in [4.78, 5) is 0. The number of hydrogen-bond donors (Lipinski definition) is 1. The van der Waals surface area contributed by atoms with Crippen LogP contribution in [0.15, 0.2) is 18.2 Å². The quantitative estimate of drug-likeness (QED) is 0.662. The summed E-state index contributed by atoms with van der Waals surface area (Å²) in [5.74, 6) is 1.74. The molecule has 1 aliphatic carbocycles. The largest absolute Gasteiger partial charge is 0.493 e. The lowest BCUT2D eigenvalue weighted by molar-refractivity contribution is 0.350. The van der Waals surface area contributed by atoms with Gasteiger partial charge in [-0.05, 0) is 55.5 Å². The molecule has 3 rings (SSSR count). The van der Waals surface area contributed by atoms with Crippen molar-refractivity contribution in [2.45, 2.75) is 43.9 Å². The molecule has 1 fully saturated rings. The van der Waals surface area contributed by atoms with E-state index in [1.165, 1.54) is 36.8 Å². The summed E-state index contributed by atoms with van der Waals surface area (Å²) in [5, 5.41) is 3.97. The fraction of sp³-hybridized carbons (Fsp3) is 0.647. The molecule has 2 nitrogen and oxygen atoms in total. The first-order valence-electron chi connectivity index (χ1n) is 7.92. The van der Waals surface area contributed by atoms with Crippen molar-refractivity contribution in [2.24, 2.45) is 5.92 Å². The summed E-state index contributed by atoms with van der Waals surface area (Å²) in [7, 11) is 0. The van der Waals surface area contributed by atoms with E-state index >= 15 is 0 Å². The standard InChI is InChI=1S/C17H24ClNO/c18-16-4-2-1-3-15(16)12-19-9-7-13-5-6-17-14(11-13)8-10-20-17/h5-6,11,15-16,19H,1-4,7-10,12H2. The molecule has 1 N–H and O–H groups in total. The van der Waals surface area contributed by atoms with Crippen LogP contribution in [0.3, 0.4) is 0 Å². The number of halogens is 1. The molecule has 0 spiro atoms. The highest BCUT2D eigenvalue weighted by atomic mass is 35.5. The third-order valence-electron chi connectivity index (χ3n) is 4.57. The van der Waals surface area contributed by atoms with Gasteiger partial charge in [0, 0.05) is 11.8 Å². The lowest BCUT2D eigenvalue weighted by atomic mass is 9.89. The molecule has 110 valence electrons. The van der Waals surface area contributed by atoms with Crippen molar-refractivity contribution in [3.63, 3.8) is 0 Å². The zero-order valence-corrected chi connectivity index (χ0v) is 12.8. The summed E-state index contributed by atoms with van der Waals surface area (Å²) < 4.78 is 5.54. The second-order valence-electron chi connectivity index (χ2n) is 6.06. The van der Waals surface area contributed by atoms with Gasteiger partial charge in [0.25, 0.3) is 0 Å². The van der Waals surface area contributed by atoms with Crippen LogP contribution in [0.25, 0.3) is 0 Å². The maximum absolute atomic E-state index is 6.39. The molecule has 0 amide bonds. The summed E-state index contributed by atoms with van der Waals surface area (Å²) in [6.45, 7) is 2.96. The Morgan fingerprint density at radius 2 is 2.15 bits per heavy atom. The average Bonchev–Trinajstić information content (AvgIpc) is 2.93. The molecule has 1 aliphatic heterocycles. The molecule has 1 saturated carbocycles. The molecule has 0 aromatic heterocycles. The predicted molar refractivity (Wildman–Crippen MR) is 83.8 cm³/mol. The van der Waals surface area contributed by atoms with Crippen molar-refractivity contribution >= 4 is 11.6 Å². The minimum atomic E-state index is 0.383. The van der Waals surface area contributed by atoms with E-state index in [2.05, 4.69) is 23.5 Å². The van der Waals surface area contributed by atoms with Crippen LogP contribution in [0.1, 0.15) is 36.8 Å². The second-order valence-corrected chi connectivity index (χ2v) is 6.62. The summed E-state index contributed by atoms with van der Waals surface area (Å²) in [5.41, 5.74) is 2.78. The van der Waals surface area contributed by atoms with Gasteiger partial charge in [0.2, 0.25) is 0 Å². The summed E-state index contributed by atoms with van der Waals surface area (Å²) in [6, 6.07) is 6.61. The van der Waals surface area contributed by atoms with E-state index in [1.807, 2.05) is 0 Å². The van der Waals surface area contributed by atoms with Gasteiger partial charge < -0.3 is 10.1 Å². The Hall–Kier alpha value is -0.730. The van der Waals surface area contributed by atoms with Crippen LogP contribution in [0.5, 0.6) is 5.75 Å². The van der Waals surface area contributed by atoms with Gasteiger partial charge in [-0.1, -0.05) is 25.0 Å². The number of ether oxygens (including phenoxy) is 1. The van der Waals surface area contributed by atoms with Crippen molar-refractivity contribution < 1.29 is 4.74 Å². The lowest BCUT2D eigenvalue weighted by Gasteiger charge is -2.27. The maximum atomic E-state index is 6.39. The molecule has 20 heavy (non-hydrogen) atoms. The van der Waals surface area contributed by atoms with Crippen LogP contribution < -0.4 is 10.1 Å². The number of benzene rings is 1. The normalized spacial score (nSPS) is 25.2.